The molecule has 0 atom stereocenters. The molecule has 0 saturated heterocycles. The lowest BCUT2D eigenvalue weighted by Crippen LogP contribution is -2.23. The van der Waals surface area contributed by atoms with E-state index in [0.717, 1.165) is 19.6 Å². The van der Waals surface area contributed by atoms with Gasteiger partial charge >= 0.3 is 0 Å². The lowest BCUT2D eigenvalue weighted by Gasteiger charge is -2.23. The van der Waals surface area contributed by atoms with E-state index in [0.29, 0.717) is 0 Å². The molecule has 0 fully saturated rings. The van der Waals surface area contributed by atoms with Gasteiger partial charge in [-0.25, -0.2) is 0 Å². The number of rotatable bonds is 6. The molecule has 0 unspecified atom stereocenters. The molecule has 3 aromatic carbocycles. The van der Waals surface area contributed by atoms with E-state index in [2.05, 4.69) is 99.0 Å². The van der Waals surface area contributed by atoms with E-state index >= 15 is 0 Å². The molecule has 0 aromatic heterocycles. The van der Waals surface area contributed by atoms with Crippen LogP contribution in [0.1, 0.15) is 37.5 Å². The molecule has 26 heavy (non-hydrogen) atoms. The molecule has 1 heteroatoms. The highest BCUT2D eigenvalue weighted by Gasteiger charge is 2.14. The van der Waals surface area contributed by atoms with E-state index in [1.54, 1.807) is 0 Å². The van der Waals surface area contributed by atoms with Gasteiger partial charge in [0.2, 0.25) is 0 Å². The van der Waals surface area contributed by atoms with Crippen molar-refractivity contribution in [2.24, 2.45) is 0 Å². The zero-order valence-electron chi connectivity index (χ0n) is 16.2. The van der Waals surface area contributed by atoms with Crippen LogP contribution >= 0.6 is 0 Å². The Labute approximate surface area is 158 Å². The molecular weight excluding hydrogens is 314 g/mol. The maximum absolute atomic E-state index is 3.95. The van der Waals surface area contributed by atoms with Crippen LogP contribution in [0.15, 0.2) is 79.4 Å². The fourth-order valence-electron chi connectivity index (χ4n) is 3.41. The lowest BCUT2D eigenvalue weighted by atomic mass is 9.87. The Kier molecular flexibility index (Phi) is 5.58. The average Bonchev–Trinajstić information content (AvgIpc) is 2.62. The first-order valence-electron chi connectivity index (χ1n) is 9.37. The number of nitrogens with zero attached hydrogens (tertiary/aromatic N) is 1. The van der Waals surface area contributed by atoms with E-state index in [1.807, 2.05) is 6.08 Å². The van der Waals surface area contributed by atoms with Gasteiger partial charge in [-0.3, -0.25) is 4.90 Å². The van der Waals surface area contributed by atoms with Gasteiger partial charge in [-0.1, -0.05) is 93.6 Å². The van der Waals surface area contributed by atoms with E-state index in [9.17, 15) is 0 Å². The van der Waals surface area contributed by atoms with Crippen molar-refractivity contribution in [2.45, 2.75) is 39.3 Å². The summed E-state index contributed by atoms with van der Waals surface area (Å²) >= 11 is 0. The Balaban J connectivity index is 1.80. The molecule has 0 spiro atoms. The highest BCUT2D eigenvalue weighted by atomic mass is 15.1. The van der Waals surface area contributed by atoms with Gasteiger partial charge in [0.15, 0.2) is 0 Å². The molecule has 0 heterocycles. The summed E-state index contributed by atoms with van der Waals surface area (Å²) in [6.07, 6.45) is 1.99. The first-order valence-corrected chi connectivity index (χ1v) is 9.37. The van der Waals surface area contributed by atoms with Crippen molar-refractivity contribution >= 4 is 10.8 Å². The predicted molar refractivity (Wildman–Crippen MR) is 113 cm³/mol. The summed E-state index contributed by atoms with van der Waals surface area (Å²) in [5.41, 5.74) is 4.30. The van der Waals surface area contributed by atoms with Crippen molar-refractivity contribution in [3.63, 3.8) is 0 Å². The molecule has 0 amide bonds. The smallest absolute Gasteiger partial charge is 0.0246 e. The Hall–Kier alpha value is -2.38. The van der Waals surface area contributed by atoms with Crippen molar-refractivity contribution in [3.8, 4) is 0 Å². The summed E-state index contributed by atoms with van der Waals surface area (Å²) in [5, 5.41) is 2.64. The molecular formula is C25H29N. The molecule has 3 rings (SSSR count). The SMILES string of the molecule is C=CCN(Cc1ccc(C(C)(C)C)cc1)Cc1cccc2ccccc12. The van der Waals surface area contributed by atoms with Gasteiger partial charge in [0.1, 0.15) is 0 Å². The summed E-state index contributed by atoms with van der Waals surface area (Å²) in [5.74, 6) is 0. The normalized spacial score (nSPS) is 11.8. The molecule has 0 N–H and O–H groups in total. The number of benzene rings is 3. The molecule has 3 aromatic rings. The van der Waals surface area contributed by atoms with Crippen LogP contribution in [0.2, 0.25) is 0 Å². The van der Waals surface area contributed by atoms with Crippen molar-refractivity contribution < 1.29 is 0 Å². The Morgan fingerprint density at radius 1 is 0.846 bits per heavy atom. The van der Waals surface area contributed by atoms with Crippen LogP contribution in [0, 0.1) is 0 Å². The largest absolute Gasteiger partial charge is 0.291 e. The van der Waals surface area contributed by atoms with Crippen LogP contribution < -0.4 is 0 Å². The molecule has 134 valence electrons. The van der Waals surface area contributed by atoms with Crippen LogP contribution in [0.25, 0.3) is 10.8 Å². The first kappa shape index (κ1) is 18.4. The summed E-state index contributed by atoms with van der Waals surface area (Å²) in [6.45, 7) is 13.5. The highest BCUT2D eigenvalue weighted by molar-refractivity contribution is 5.85. The van der Waals surface area contributed by atoms with Crippen LogP contribution in [-0.4, -0.2) is 11.4 Å². The third-order valence-electron chi connectivity index (χ3n) is 4.89. The van der Waals surface area contributed by atoms with Crippen molar-refractivity contribution in [1.29, 1.82) is 0 Å². The summed E-state index contributed by atoms with van der Waals surface area (Å²) in [6, 6.07) is 24.2. The van der Waals surface area contributed by atoms with Crippen LogP contribution in [0.4, 0.5) is 0 Å². The second-order valence-electron chi connectivity index (χ2n) is 8.04. The van der Waals surface area contributed by atoms with Crippen LogP contribution in [-0.2, 0) is 18.5 Å². The summed E-state index contributed by atoms with van der Waals surface area (Å²) < 4.78 is 0. The molecule has 0 saturated carbocycles. The number of hydrogen-bond acceptors (Lipinski definition) is 1. The number of fused-ring (bicyclic) bond motifs is 1. The third kappa shape index (κ3) is 4.42. The maximum atomic E-state index is 3.95. The lowest BCUT2D eigenvalue weighted by molar-refractivity contribution is 0.287. The van der Waals surface area contributed by atoms with E-state index in [1.165, 1.54) is 27.5 Å². The molecule has 0 aliphatic heterocycles. The monoisotopic (exact) mass is 343 g/mol. The van der Waals surface area contributed by atoms with Gasteiger partial charge in [0.25, 0.3) is 0 Å². The van der Waals surface area contributed by atoms with E-state index < -0.39 is 0 Å². The second-order valence-corrected chi connectivity index (χ2v) is 8.04. The quantitative estimate of drug-likeness (QED) is 0.473. The summed E-state index contributed by atoms with van der Waals surface area (Å²) in [4.78, 5) is 2.45. The Morgan fingerprint density at radius 2 is 1.54 bits per heavy atom. The topological polar surface area (TPSA) is 3.24 Å². The van der Waals surface area contributed by atoms with Gasteiger partial charge in [-0.15, -0.1) is 6.58 Å². The first-order chi connectivity index (χ1) is 12.5. The minimum Gasteiger partial charge on any atom is -0.291 e. The van der Waals surface area contributed by atoms with Crippen molar-refractivity contribution in [2.75, 3.05) is 6.54 Å². The minimum atomic E-state index is 0.197. The zero-order valence-corrected chi connectivity index (χ0v) is 16.2. The van der Waals surface area contributed by atoms with Crippen molar-refractivity contribution in [3.05, 3.63) is 96.1 Å². The van der Waals surface area contributed by atoms with E-state index in [-0.39, 0.29) is 5.41 Å². The van der Waals surface area contributed by atoms with Crippen LogP contribution in [0.3, 0.4) is 0 Å². The average molecular weight is 344 g/mol. The summed E-state index contributed by atoms with van der Waals surface area (Å²) in [7, 11) is 0. The number of hydrogen-bond donors (Lipinski definition) is 0. The minimum absolute atomic E-state index is 0.197. The van der Waals surface area contributed by atoms with Crippen LogP contribution in [0.5, 0.6) is 0 Å². The third-order valence-corrected chi connectivity index (χ3v) is 4.89. The van der Waals surface area contributed by atoms with Crippen molar-refractivity contribution in [1.82, 2.24) is 4.90 Å². The van der Waals surface area contributed by atoms with Gasteiger partial charge in [-0.05, 0) is 32.9 Å². The maximum Gasteiger partial charge on any atom is 0.0246 e. The fraction of sp³-hybridized carbons (Fsp3) is 0.280. The zero-order chi connectivity index (χ0) is 18.6. The van der Waals surface area contributed by atoms with Gasteiger partial charge in [-0.2, -0.15) is 0 Å². The van der Waals surface area contributed by atoms with E-state index in [4.69, 9.17) is 0 Å². The molecule has 0 bridgehead atoms. The second kappa shape index (κ2) is 7.88. The Bertz CT molecular complexity index is 863. The highest BCUT2D eigenvalue weighted by Crippen LogP contribution is 2.24. The molecule has 0 aliphatic rings. The fourth-order valence-corrected chi connectivity index (χ4v) is 3.41. The predicted octanol–water partition coefficient (Wildman–Crippen LogP) is 6.33. The van der Waals surface area contributed by atoms with Gasteiger partial charge in [0, 0.05) is 19.6 Å². The van der Waals surface area contributed by atoms with Gasteiger partial charge in [0.05, 0.1) is 0 Å². The standard InChI is InChI=1S/C25H29N/c1-5-17-26(18-20-13-15-23(16-14-20)25(2,3)4)19-22-11-8-10-21-9-6-7-12-24(21)22/h5-16H,1,17-19H2,2-4H3. The van der Waals surface area contributed by atoms with Gasteiger partial charge < -0.3 is 0 Å². The molecule has 0 radical (unpaired) electrons. The Morgan fingerprint density at radius 3 is 2.23 bits per heavy atom. The molecule has 0 aliphatic carbocycles. The molecule has 1 nitrogen and oxygen atoms in total.